The molecule has 0 bridgehead atoms. The Morgan fingerprint density at radius 2 is 2.07 bits per heavy atom. The van der Waals surface area contributed by atoms with Crippen molar-refractivity contribution >= 4 is 11.9 Å². The van der Waals surface area contributed by atoms with Crippen molar-refractivity contribution in [2.24, 2.45) is 0 Å². The van der Waals surface area contributed by atoms with Gasteiger partial charge in [-0.3, -0.25) is 9.47 Å². The van der Waals surface area contributed by atoms with Crippen LogP contribution in [0, 0.1) is 10.1 Å². The molecule has 1 atom stereocenters. The van der Waals surface area contributed by atoms with Crippen LogP contribution in [0.1, 0.15) is 27.2 Å². The van der Waals surface area contributed by atoms with E-state index in [1.54, 1.807) is 9.47 Å². The molecule has 0 aromatic carbocycles. The lowest BCUT2D eigenvalue weighted by atomic mass is 10.2. The maximum atomic E-state index is 12.1. The molecule has 11 heteroatoms. The Morgan fingerprint density at radius 3 is 2.72 bits per heavy atom. The van der Waals surface area contributed by atoms with Crippen molar-refractivity contribution < 1.29 is 23.9 Å². The number of rotatable bonds is 6. The van der Waals surface area contributed by atoms with Crippen molar-refractivity contribution in [3.63, 3.8) is 0 Å². The normalized spacial score (nSPS) is 20.1. The number of nitro groups is 1. The second kappa shape index (κ2) is 8.95. The lowest BCUT2D eigenvalue weighted by molar-refractivity contribution is -0.389. The van der Waals surface area contributed by atoms with Crippen LogP contribution < -0.4 is 4.74 Å². The molecular weight excluding hydrogens is 382 g/mol. The minimum Gasteiger partial charge on any atom is -0.444 e. The maximum Gasteiger partial charge on any atom is 0.414 e. The number of hydrogen-bond donors (Lipinski definition) is 0. The van der Waals surface area contributed by atoms with Gasteiger partial charge < -0.3 is 29.2 Å². The highest BCUT2D eigenvalue weighted by Gasteiger charge is 2.28. The van der Waals surface area contributed by atoms with Gasteiger partial charge in [0.1, 0.15) is 24.5 Å². The number of ether oxygens (including phenoxy) is 3. The molecule has 0 radical (unpaired) electrons. The largest absolute Gasteiger partial charge is 0.444 e. The summed E-state index contributed by atoms with van der Waals surface area (Å²) in [7, 11) is 0. The van der Waals surface area contributed by atoms with Crippen molar-refractivity contribution in [3.8, 4) is 6.01 Å². The molecule has 11 nitrogen and oxygen atoms in total. The summed E-state index contributed by atoms with van der Waals surface area (Å²) in [6, 6.07) is 0.263. The molecule has 3 heterocycles. The van der Waals surface area contributed by atoms with Gasteiger partial charge >= 0.3 is 17.9 Å². The lowest BCUT2D eigenvalue weighted by Gasteiger charge is -2.35. The Balaban J connectivity index is 1.32. The molecule has 162 valence electrons. The lowest BCUT2D eigenvalue weighted by Crippen LogP contribution is -2.50. The number of fused-ring (bicyclic) bond motifs is 1. The minimum absolute atomic E-state index is 0.152. The highest BCUT2D eigenvalue weighted by atomic mass is 16.6. The quantitative estimate of drug-likeness (QED) is 0.393. The van der Waals surface area contributed by atoms with Crippen molar-refractivity contribution in [2.75, 3.05) is 45.9 Å². The summed E-state index contributed by atoms with van der Waals surface area (Å²) in [4.78, 5) is 30.2. The van der Waals surface area contributed by atoms with Crippen molar-refractivity contribution in [1.82, 2.24) is 19.4 Å². The molecule has 0 unspecified atom stereocenters. The van der Waals surface area contributed by atoms with Crippen LogP contribution in [0.15, 0.2) is 6.20 Å². The van der Waals surface area contributed by atoms with E-state index >= 15 is 0 Å². The van der Waals surface area contributed by atoms with Gasteiger partial charge in [0, 0.05) is 44.3 Å². The summed E-state index contributed by atoms with van der Waals surface area (Å²) >= 11 is 0. The third-order valence-electron chi connectivity index (χ3n) is 4.71. The zero-order chi connectivity index (χ0) is 21.0. The number of carbonyl (C=O) groups excluding carboxylic acids is 1. The standard InChI is InChI=1S/C18H29N5O6/c1-18(2,3)29-17(24)21-8-6-20(7-9-21)5-4-10-27-14-11-22-12-15(23(25)26)19-16(22)28-13-14/h12,14H,4-11,13H2,1-3H3/t14-/m0/s1. The first-order valence-corrected chi connectivity index (χ1v) is 9.87. The first kappa shape index (κ1) is 21.3. The molecule has 1 aromatic heterocycles. The van der Waals surface area contributed by atoms with Crippen LogP contribution in [0.5, 0.6) is 6.01 Å². The summed E-state index contributed by atoms with van der Waals surface area (Å²) in [5, 5.41) is 10.8. The van der Waals surface area contributed by atoms with Crippen LogP contribution in [0.4, 0.5) is 10.6 Å². The van der Waals surface area contributed by atoms with E-state index in [0.717, 1.165) is 26.1 Å². The molecule has 0 spiro atoms. The van der Waals surface area contributed by atoms with E-state index in [0.29, 0.717) is 32.8 Å². The molecule has 0 N–H and O–H groups in total. The van der Waals surface area contributed by atoms with Crippen LogP contribution in [-0.2, 0) is 16.0 Å². The molecule has 0 aliphatic carbocycles. The predicted octanol–water partition coefficient (Wildman–Crippen LogP) is 1.51. The highest BCUT2D eigenvalue weighted by molar-refractivity contribution is 5.68. The van der Waals surface area contributed by atoms with E-state index < -0.39 is 10.5 Å². The molecule has 1 fully saturated rings. The zero-order valence-corrected chi connectivity index (χ0v) is 17.2. The number of nitrogens with zero attached hydrogens (tertiary/aromatic N) is 5. The molecular formula is C18H29N5O6. The fourth-order valence-corrected chi connectivity index (χ4v) is 3.28. The number of carbonyl (C=O) groups is 1. The predicted molar refractivity (Wildman–Crippen MR) is 103 cm³/mol. The third kappa shape index (κ3) is 6.04. The average molecular weight is 411 g/mol. The monoisotopic (exact) mass is 411 g/mol. The molecule has 0 saturated carbocycles. The SMILES string of the molecule is CC(C)(C)OC(=O)N1CCN(CCCO[C@@H]2COc3nc([N+](=O)[O-])cn3C2)CC1. The van der Waals surface area contributed by atoms with Gasteiger partial charge in [-0.15, -0.1) is 0 Å². The van der Waals surface area contributed by atoms with Crippen LogP contribution in [0.3, 0.4) is 0 Å². The van der Waals surface area contributed by atoms with Crippen LogP contribution in [-0.4, -0.2) is 88.0 Å². The average Bonchev–Trinajstić information content (AvgIpc) is 3.08. The smallest absolute Gasteiger partial charge is 0.414 e. The molecule has 1 saturated heterocycles. The van der Waals surface area contributed by atoms with E-state index in [-0.39, 0.29) is 24.0 Å². The summed E-state index contributed by atoms with van der Waals surface area (Å²) in [5.74, 6) is -0.217. The van der Waals surface area contributed by atoms with E-state index in [1.807, 2.05) is 20.8 Å². The van der Waals surface area contributed by atoms with Gasteiger partial charge in [0.25, 0.3) is 0 Å². The number of amides is 1. The second-order valence-electron chi connectivity index (χ2n) is 8.26. The fourth-order valence-electron chi connectivity index (χ4n) is 3.28. The molecule has 1 aromatic rings. The number of hydrogen-bond acceptors (Lipinski definition) is 8. The van der Waals surface area contributed by atoms with E-state index in [4.69, 9.17) is 14.2 Å². The van der Waals surface area contributed by atoms with Crippen LogP contribution in [0.25, 0.3) is 0 Å². The van der Waals surface area contributed by atoms with Gasteiger partial charge in [0.05, 0.1) is 6.54 Å². The Morgan fingerprint density at radius 1 is 1.34 bits per heavy atom. The van der Waals surface area contributed by atoms with Gasteiger partial charge in [-0.05, 0) is 32.1 Å². The molecule has 1 amide bonds. The van der Waals surface area contributed by atoms with Crippen LogP contribution >= 0.6 is 0 Å². The Hall–Kier alpha value is -2.40. The minimum atomic E-state index is -0.535. The number of imidazole rings is 1. The van der Waals surface area contributed by atoms with Crippen molar-refractivity contribution in [1.29, 1.82) is 0 Å². The van der Waals surface area contributed by atoms with Crippen molar-refractivity contribution in [3.05, 3.63) is 16.3 Å². The topological polar surface area (TPSA) is 112 Å². The Labute approximate surface area is 169 Å². The molecule has 29 heavy (non-hydrogen) atoms. The van der Waals surface area contributed by atoms with Gasteiger partial charge in [-0.25, -0.2) is 4.79 Å². The van der Waals surface area contributed by atoms with Gasteiger partial charge in [0.15, 0.2) is 0 Å². The maximum absolute atomic E-state index is 12.1. The zero-order valence-electron chi connectivity index (χ0n) is 17.2. The second-order valence-corrected chi connectivity index (χ2v) is 8.26. The highest BCUT2D eigenvalue weighted by Crippen LogP contribution is 2.22. The fraction of sp³-hybridized carbons (Fsp3) is 0.778. The molecule has 3 rings (SSSR count). The number of piperazine rings is 1. The Bertz CT molecular complexity index is 723. The van der Waals surface area contributed by atoms with Crippen molar-refractivity contribution in [2.45, 2.75) is 45.4 Å². The van der Waals surface area contributed by atoms with Crippen LogP contribution in [0.2, 0.25) is 0 Å². The number of aromatic nitrogens is 2. The summed E-state index contributed by atoms with van der Waals surface area (Å²) in [6.07, 6.45) is 1.83. The van der Waals surface area contributed by atoms with E-state index in [2.05, 4.69) is 9.88 Å². The van der Waals surface area contributed by atoms with E-state index in [1.165, 1.54) is 6.20 Å². The van der Waals surface area contributed by atoms with Gasteiger partial charge in [0.2, 0.25) is 0 Å². The summed E-state index contributed by atoms with van der Waals surface area (Å²) in [5.41, 5.74) is -0.475. The first-order chi connectivity index (χ1) is 13.7. The third-order valence-corrected chi connectivity index (χ3v) is 4.71. The summed E-state index contributed by atoms with van der Waals surface area (Å²) < 4.78 is 18.3. The van der Waals surface area contributed by atoms with Gasteiger partial charge in [-0.1, -0.05) is 0 Å². The van der Waals surface area contributed by atoms with Gasteiger partial charge in [-0.2, -0.15) is 0 Å². The Kier molecular flexibility index (Phi) is 6.58. The first-order valence-electron chi connectivity index (χ1n) is 9.87. The molecule has 2 aliphatic heterocycles. The summed E-state index contributed by atoms with van der Waals surface area (Å²) in [6.45, 7) is 10.8. The molecule has 2 aliphatic rings. The van der Waals surface area contributed by atoms with E-state index in [9.17, 15) is 14.9 Å².